The van der Waals surface area contributed by atoms with E-state index in [1.165, 1.54) is 44.9 Å². The highest BCUT2D eigenvalue weighted by atomic mass is 14.6. The molecule has 0 bridgehead atoms. The summed E-state index contributed by atoms with van der Waals surface area (Å²) < 4.78 is 0. The Morgan fingerprint density at radius 1 is 1.07 bits per heavy atom. The average molecular weight is 208 g/mol. The Morgan fingerprint density at radius 2 is 1.80 bits per heavy atom. The van der Waals surface area contributed by atoms with Crippen LogP contribution in [0.4, 0.5) is 0 Å². The first-order chi connectivity index (χ1) is 7.24. The highest BCUT2D eigenvalue weighted by molar-refractivity contribution is 5.01. The summed E-state index contributed by atoms with van der Waals surface area (Å²) >= 11 is 0. The van der Waals surface area contributed by atoms with Crippen LogP contribution in [0.2, 0.25) is 0 Å². The molecule has 15 heavy (non-hydrogen) atoms. The molecular formula is C13H24N2. The van der Waals surface area contributed by atoms with E-state index < -0.39 is 0 Å². The van der Waals surface area contributed by atoms with Crippen molar-refractivity contribution in [2.75, 3.05) is 0 Å². The highest BCUT2D eigenvalue weighted by Gasteiger charge is 2.22. The SMILES string of the molecule is NC1=CCC(CC2CCC(N)CC2)CC1. The van der Waals surface area contributed by atoms with Crippen LogP contribution in [0.25, 0.3) is 0 Å². The van der Waals surface area contributed by atoms with E-state index in [9.17, 15) is 0 Å². The molecule has 0 aromatic heterocycles. The van der Waals surface area contributed by atoms with Crippen LogP contribution in [0.3, 0.4) is 0 Å². The van der Waals surface area contributed by atoms with E-state index in [1.807, 2.05) is 0 Å². The largest absolute Gasteiger partial charge is 0.402 e. The third-order valence-corrected chi connectivity index (χ3v) is 4.11. The van der Waals surface area contributed by atoms with Crippen molar-refractivity contribution in [3.05, 3.63) is 11.8 Å². The van der Waals surface area contributed by atoms with E-state index in [4.69, 9.17) is 11.5 Å². The van der Waals surface area contributed by atoms with Crippen LogP contribution in [0, 0.1) is 11.8 Å². The van der Waals surface area contributed by atoms with Gasteiger partial charge in [-0.25, -0.2) is 0 Å². The van der Waals surface area contributed by atoms with Crippen molar-refractivity contribution < 1.29 is 0 Å². The predicted octanol–water partition coefficient (Wildman–Crippen LogP) is 2.54. The summed E-state index contributed by atoms with van der Waals surface area (Å²) in [6.07, 6.45) is 12.5. The molecule has 1 atom stereocenters. The van der Waals surface area contributed by atoms with Crippen LogP contribution in [0.1, 0.15) is 51.4 Å². The molecule has 0 aliphatic heterocycles. The fraction of sp³-hybridized carbons (Fsp3) is 0.846. The van der Waals surface area contributed by atoms with Crippen LogP contribution in [0.5, 0.6) is 0 Å². The molecule has 2 aliphatic rings. The van der Waals surface area contributed by atoms with Crippen molar-refractivity contribution in [3.8, 4) is 0 Å². The van der Waals surface area contributed by atoms with Gasteiger partial charge in [0.2, 0.25) is 0 Å². The van der Waals surface area contributed by atoms with Crippen molar-refractivity contribution in [1.82, 2.24) is 0 Å². The number of hydrogen-bond donors (Lipinski definition) is 2. The molecule has 0 radical (unpaired) electrons. The Morgan fingerprint density at radius 3 is 2.40 bits per heavy atom. The van der Waals surface area contributed by atoms with Crippen molar-refractivity contribution in [2.24, 2.45) is 23.3 Å². The van der Waals surface area contributed by atoms with Crippen LogP contribution in [0.15, 0.2) is 11.8 Å². The minimum absolute atomic E-state index is 0.489. The van der Waals surface area contributed by atoms with Crippen LogP contribution >= 0.6 is 0 Å². The van der Waals surface area contributed by atoms with Gasteiger partial charge in [-0.1, -0.05) is 6.08 Å². The molecule has 1 fully saturated rings. The zero-order valence-electron chi connectivity index (χ0n) is 9.62. The van der Waals surface area contributed by atoms with Crippen LogP contribution in [-0.4, -0.2) is 6.04 Å². The maximum absolute atomic E-state index is 5.92. The third kappa shape index (κ3) is 3.23. The van der Waals surface area contributed by atoms with Gasteiger partial charge < -0.3 is 11.5 Å². The summed E-state index contributed by atoms with van der Waals surface area (Å²) in [5, 5.41) is 0. The lowest BCUT2D eigenvalue weighted by molar-refractivity contribution is 0.259. The average Bonchev–Trinajstić information content (AvgIpc) is 2.25. The van der Waals surface area contributed by atoms with E-state index in [2.05, 4.69) is 6.08 Å². The Kier molecular flexibility index (Phi) is 3.68. The molecule has 1 saturated carbocycles. The smallest absolute Gasteiger partial charge is 0.00401 e. The molecule has 86 valence electrons. The second-order valence-corrected chi connectivity index (χ2v) is 5.44. The molecule has 2 heteroatoms. The van der Waals surface area contributed by atoms with Crippen LogP contribution in [-0.2, 0) is 0 Å². The number of rotatable bonds is 2. The summed E-state index contributed by atoms with van der Waals surface area (Å²) in [6.45, 7) is 0. The third-order valence-electron chi connectivity index (χ3n) is 4.11. The summed E-state index contributed by atoms with van der Waals surface area (Å²) in [5.41, 5.74) is 12.8. The van der Waals surface area contributed by atoms with Gasteiger partial charge in [-0.05, 0) is 63.2 Å². The number of hydrogen-bond acceptors (Lipinski definition) is 2. The molecule has 0 aromatic rings. The van der Waals surface area contributed by atoms with Crippen molar-refractivity contribution in [2.45, 2.75) is 57.4 Å². The lowest BCUT2D eigenvalue weighted by Crippen LogP contribution is -2.27. The quantitative estimate of drug-likeness (QED) is 0.732. The van der Waals surface area contributed by atoms with E-state index in [1.54, 1.807) is 0 Å². The Bertz CT molecular complexity index is 227. The maximum atomic E-state index is 5.92. The van der Waals surface area contributed by atoms with Gasteiger partial charge in [0.1, 0.15) is 0 Å². The standard InChI is InChI=1S/C13H24N2/c14-12-5-1-10(2-6-12)9-11-3-7-13(15)8-4-11/h5,10-11,13H,1-4,6-9,14-15H2. The topological polar surface area (TPSA) is 52.0 Å². The fourth-order valence-electron chi connectivity index (χ4n) is 3.02. The predicted molar refractivity (Wildman–Crippen MR) is 64.2 cm³/mol. The second-order valence-electron chi connectivity index (χ2n) is 5.44. The summed E-state index contributed by atoms with van der Waals surface area (Å²) in [4.78, 5) is 0. The van der Waals surface area contributed by atoms with Gasteiger partial charge in [0.05, 0.1) is 0 Å². The molecule has 0 amide bonds. The molecule has 4 N–H and O–H groups in total. The number of allylic oxidation sites excluding steroid dienone is 2. The Hall–Kier alpha value is -0.500. The zero-order chi connectivity index (χ0) is 10.7. The highest BCUT2D eigenvalue weighted by Crippen LogP contribution is 2.33. The minimum atomic E-state index is 0.489. The van der Waals surface area contributed by atoms with E-state index in [0.29, 0.717) is 6.04 Å². The van der Waals surface area contributed by atoms with Crippen molar-refractivity contribution in [1.29, 1.82) is 0 Å². The molecule has 0 heterocycles. The summed E-state index contributed by atoms with van der Waals surface area (Å²) in [6, 6.07) is 0.489. The Labute approximate surface area is 93.1 Å². The molecule has 0 saturated heterocycles. The molecule has 2 nitrogen and oxygen atoms in total. The summed E-state index contributed by atoms with van der Waals surface area (Å²) in [7, 11) is 0. The van der Waals surface area contributed by atoms with Gasteiger partial charge in [-0.3, -0.25) is 0 Å². The Balaban J connectivity index is 1.73. The fourth-order valence-corrected chi connectivity index (χ4v) is 3.02. The zero-order valence-corrected chi connectivity index (χ0v) is 9.62. The van der Waals surface area contributed by atoms with Crippen molar-refractivity contribution in [3.63, 3.8) is 0 Å². The molecule has 2 rings (SSSR count). The maximum Gasteiger partial charge on any atom is 0.00401 e. The minimum Gasteiger partial charge on any atom is -0.402 e. The molecule has 2 aliphatic carbocycles. The normalized spacial score (nSPS) is 37.4. The van der Waals surface area contributed by atoms with Gasteiger partial charge in [0.15, 0.2) is 0 Å². The molecular weight excluding hydrogens is 184 g/mol. The van der Waals surface area contributed by atoms with Gasteiger partial charge in [0, 0.05) is 11.7 Å². The molecule has 1 unspecified atom stereocenters. The van der Waals surface area contributed by atoms with E-state index >= 15 is 0 Å². The first-order valence-corrected chi connectivity index (χ1v) is 6.44. The van der Waals surface area contributed by atoms with Gasteiger partial charge in [-0.2, -0.15) is 0 Å². The van der Waals surface area contributed by atoms with E-state index in [-0.39, 0.29) is 0 Å². The lowest BCUT2D eigenvalue weighted by atomic mass is 9.78. The number of nitrogens with two attached hydrogens (primary N) is 2. The first kappa shape index (κ1) is 11.0. The van der Waals surface area contributed by atoms with Gasteiger partial charge in [-0.15, -0.1) is 0 Å². The van der Waals surface area contributed by atoms with Gasteiger partial charge in [0.25, 0.3) is 0 Å². The molecule has 0 spiro atoms. The van der Waals surface area contributed by atoms with E-state index in [0.717, 1.165) is 24.0 Å². The molecule has 0 aromatic carbocycles. The summed E-state index contributed by atoms with van der Waals surface area (Å²) in [5.74, 6) is 1.85. The monoisotopic (exact) mass is 208 g/mol. The second kappa shape index (κ2) is 5.02. The van der Waals surface area contributed by atoms with Gasteiger partial charge >= 0.3 is 0 Å². The lowest BCUT2D eigenvalue weighted by Gasteiger charge is -2.30. The first-order valence-electron chi connectivity index (χ1n) is 6.44. The van der Waals surface area contributed by atoms with Crippen molar-refractivity contribution >= 4 is 0 Å². The van der Waals surface area contributed by atoms with Crippen LogP contribution < -0.4 is 11.5 Å².